The van der Waals surface area contributed by atoms with Crippen LogP contribution in [0.2, 0.25) is 5.15 Å². The summed E-state index contributed by atoms with van der Waals surface area (Å²) in [5, 5.41) is 7.00. The maximum Gasteiger partial charge on any atom is 0.131 e. The molecule has 4 nitrogen and oxygen atoms in total. The summed E-state index contributed by atoms with van der Waals surface area (Å²) in [6.45, 7) is 1.46. The smallest absolute Gasteiger partial charge is 0.131 e. The number of rotatable bonds is 5. The Kier molecular flexibility index (Phi) is 3.91. The highest BCUT2D eigenvalue weighted by Gasteiger charge is 2.10. The summed E-state index contributed by atoms with van der Waals surface area (Å²) in [6, 6.07) is 7.74. The molecule has 3 rings (SSSR count). The van der Waals surface area contributed by atoms with Crippen molar-refractivity contribution in [1.82, 2.24) is 10.3 Å². The molecule has 6 heteroatoms. The van der Waals surface area contributed by atoms with Gasteiger partial charge < -0.3 is 15.1 Å². The van der Waals surface area contributed by atoms with Crippen LogP contribution >= 0.6 is 22.9 Å². The molecule has 0 saturated carbocycles. The van der Waals surface area contributed by atoms with Gasteiger partial charge in [0.15, 0.2) is 0 Å². The van der Waals surface area contributed by atoms with Crippen molar-refractivity contribution in [3.63, 3.8) is 0 Å². The number of furan rings is 1. The van der Waals surface area contributed by atoms with Crippen LogP contribution < -0.4 is 10.6 Å². The maximum atomic E-state index is 6.09. The summed E-state index contributed by atoms with van der Waals surface area (Å²) in [7, 11) is 1.93. The first-order chi connectivity index (χ1) is 9.76. The molecule has 0 aromatic carbocycles. The lowest BCUT2D eigenvalue weighted by molar-refractivity contribution is 0.518. The molecule has 0 fully saturated rings. The number of hydrogen-bond acceptors (Lipinski definition) is 5. The van der Waals surface area contributed by atoms with Crippen LogP contribution in [0.15, 0.2) is 34.9 Å². The molecular formula is C14H14ClN3OS. The maximum absolute atomic E-state index is 6.09. The molecule has 104 valence electrons. The largest absolute Gasteiger partial charge is 0.467 e. The number of halogens is 1. The van der Waals surface area contributed by atoms with Gasteiger partial charge in [0.1, 0.15) is 10.9 Å². The molecule has 0 aliphatic rings. The minimum absolute atomic E-state index is 0.494. The molecule has 3 aromatic rings. The zero-order chi connectivity index (χ0) is 13.9. The molecule has 0 saturated heterocycles. The topological polar surface area (TPSA) is 50.1 Å². The standard InChI is InChI=1S/C14H14ClN3OS/c1-16-8-10-5-12-14(20-10)11(6-13(15)18-12)17-7-9-3-2-4-19-9/h2-6,16H,7-8H2,1H3,(H,17,18). The average Bonchev–Trinajstić information content (AvgIpc) is 3.05. The Balaban J connectivity index is 1.91. The van der Waals surface area contributed by atoms with E-state index in [4.69, 9.17) is 16.0 Å². The second-order valence-corrected chi connectivity index (χ2v) is 5.91. The Morgan fingerprint density at radius 3 is 3.00 bits per heavy atom. The highest BCUT2D eigenvalue weighted by molar-refractivity contribution is 7.19. The fraction of sp³-hybridized carbons (Fsp3) is 0.214. The molecule has 0 bridgehead atoms. The zero-order valence-corrected chi connectivity index (χ0v) is 12.5. The van der Waals surface area contributed by atoms with E-state index in [1.165, 1.54) is 4.88 Å². The molecule has 0 atom stereocenters. The molecule has 0 aliphatic carbocycles. The second kappa shape index (κ2) is 5.83. The zero-order valence-electron chi connectivity index (χ0n) is 10.9. The van der Waals surface area contributed by atoms with Crippen molar-refractivity contribution in [2.45, 2.75) is 13.1 Å². The van der Waals surface area contributed by atoms with Gasteiger partial charge in [0.05, 0.1) is 28.7 Å². The molecule has 3 heterocycles. The lowest BCUT2D eigenvalue weighted by Crippen LogP contribution is -2.02. The first-order valence-corrected chi connectivity index (χ1v) is 7.45. The Labute approximate surface area is 125 Å². The predicted molar refractivity (Wildman–Crippen MR) is 83.4 cm³/mol. The highest BCUT2D eigenvalue weighted by atomic mass is 35.5. The van der Waals surface area contributed by atoms with Crippen molar-refractivity contribution < 1.29 is 4.42 Å². The number of nitrogens with zero attached hydrogens (tertiary/aromatic N) is 1. The lowest BCUT2D eigenvalue weighted by atomic mass is 10.3. The van der Waals surface area contributed by atoms with E-state index in [2.05, 4.69) is 21.7 Å². The van der Waals surface area contributed by atoms with E-state index in [0.717, 1.165) is 28.2 Å². The highest BCUT2D eigenvalue weighted by Crippen LogP contribution is 2.33. The molecule has 2 N–H and O–H groups in total. The van der Waals surface area contributed by atoms with E-state index in [0.29, 0.717) is 11.7 Å². The van der Waals surface area contributed by atoms with E-state index < -0.39 is 0 Å². The molecule has 0 amide bonds. The molecular weight excluding hydrogens is 294 g/mol. The van der Waals surface area contributed by atoms with Crippen LogP contribution in [0.3, 0.4) is 0 Å². The summed E-state index contributed by atoms with van der Waals surface area (Å²) >= 11 is 7.80. The first kappa shape index (κ1) is 13.4. The van der Waals surface area contributed by atoms with Gasteiger partial charge in [-0.05, 0) is 25.2 Å². The van der Waals surface area contributed by atoms with Gasteiger partial charge in [0.25, 0.3) is 0 Å². The number of thiophene rings is 1. The van der Waals surface area contributed by atoms with Gasteiger partial charge >= 0.3 is 0 Å². The van der Waals surface area contributed by atoms with Crippen LogP contribution in [0.4, 0.5) is 5.69 Å². The molecule has 0 spiro atoms. The SMILES string of the molecule is CNCc1cc2nc(Cl)cc(NCc3ccco3)c2s1. The van der Waals surface area contributed by atoms with Crippen molar-refractivity contribution in [3.05, 3.63) is 46.3 Å². The normalized spacial score (nSPS) is 11.1. The predicted octanol–water partition coefficient (Wildman–Crippen LogP) is 3.87. The van der Waals surface area contributed by atoms with Gasteiger partial charge in [-0.15, -0.1) is 11.3 Å². The van der Waals surface area contributed by atoms with Gasteiger partial charge in [0.2, 0.25) is 0 Å². The molecule has 0 aliphatic heterocycles. The van der Waals surface area contributed by atoms with Gasteiger partial charge in [-0.1, -0.05) is 11.6 Å². The molecule has 0 radical (unpaired) electrons. The monoisotopic (exact) mass is 307 g/mol. The summed E-state index contributed by atoms with van der Waals surface area (Å²) in [6.07, 6.45) is 1.67. The molecule has 3 aromatic heterocycles. The summed E-state index contributed by atoms with van der Waals surface area (Å²) in [4.78, 5) is 5.60. The summed E-state index contributed by atoms with van der Waals surface area (Å²) < 4.78 is 6.44. The van der Waals surface area contributed by atoms with E-state index in [-0.39, 0.29) is 0 Å². The Bertz CT molecular complexity index is 709. The number of nitrogens with one attached hydrogen (secondary N) is 2. The number of hydrogen-bond donors (Lipinski definition) is 2. The van der Waals surface area contributed by atoms with Crippen LogP contribution in [0, 0.1) is 0 Å². The quantitative estimate of drug-likeness (QED) is 0.702. The van der Waals surface area contributed by atoms with Crippen molar-refractivity contribution >= 4 is 38.8 Å². The third-order valence-electron chi connectivity index (χ3n) is 2.88. The van der Waals surface area contributed by atoms with Gasteiger partial charge in [-0.2, -0.15) is 0 Å². The van der Waals surface area contributed by atoms with E-state index in [1.54, 1.807) is 17.6 Å². The second-order valence-electron chi connectivity index (χ2n) is 4.38. The number of pyridine rings is 1. The van der Waals surface area contributed by atoms with Crippen molar-refractivity contribution in [2.24, 2.45) is 0 Å². The number of fused-ring (bicyclic) bond motifs is 1. The van der Waals surface area contributed by atoms with Gasteiger partial charge in [-0.3, -0.25) is 0 Å². The third-order valence-corrected chi connectivity index (χ3v) is 4.23. The minimum atomic E-state index is 0.494. The van der Waals surface area contributed by atoms with E-state index in [1.807, 2.05) is 25.2 Å². The summed E-state index contributed by atoms with van der Waals surface area (Å²) in [5.74, 6) is 0.887. The van der Waals surface area contributed by atoms with Gasteiger partial charge in [0, 0.05) is 17.5 Å². The van der Waals surface area contributed by atoms with Crippen molar-refractivity contribution in [1.29, 1.82) is 0 Å². The Morgan fingerprint density at radius 2 is 2.25 bits per heavy atom. The first-order valence-electron chi connectivity index (χ1n) is 6.26. The fourth-order valence-electron chi connectivity index (χ4n) is 2.03. The van der Waals surface area contributed by atoms with Gasteiger partial charge in [-0.25, -0.2) is 4.98 Å². The van der Waals surface area contributed by atoms with E-state index >= 15 is 0 Å². The van der Waals surface area contributed by atoms with Crippen LogP contribution in [0.25, 0.3) is 10.2 Å². The average molecular weight is 308 g/mol. The van der Waals surface area contributed by atoms with Crippen LogP contribution in [-0.4, -0.2) is 12.0 Å². The Hall–Kier alpha value is -1.56. The minimum Gasteiger partial charge on any atom is -0.467 e. The lowest BCUT2D eigenvalue weighted by Gasteiger charge is -2.06. The molecule has 0 unspecified atom stereocenters. The van der Waals surface area contributed by atoms with Crippen LogP contribution in [0.5, 0.6) is 0 Å². The summed E-state index contributed by atoms with van der Waals surface area (Å²) in [5.41, 5.74) is 1.92. The fourth-order valence-corrected chi connectivity index (χ4v) is 3.33. The number of aromatic nitrogens is 1. The van der Waals surface area contributed by atoms with Crippen molar-refractivity contribution in [2.75, 3.05) is 12.4 Å². The van der Waals surface area contributed by atoms with Crippen molar-refractivity contribution in [3.8, 4) is 0 Å². The Morgan fingerprint density at radius 1 is 1.35 bits per heavy atom. The number of anilines is 1. The molecule has 20 heavy (non-hydrogen) atoms. The van der Waals surface area contributed by atoms with E-state index in [9.17, 15) is 0 Å². The van der Waals surface area contributed by atoms with Crippen LogP contribution in [-0.2, 0) is 13.1 Å². The third kappa shape index (κ3) is 2.80. The van der Waals surface area contributed by atoms with Crippen LogP contribution in [0.1, 0.15) is 10.6 Å².